The molecule has 0 aromatic heterocycles. The molecule has 0 aliphatic heterocycles. The van der Waals surface area contributed by atoms with Crippen molar-refractivity contribution in [2.45, 2.75) is 39.2 Å². The first-order valence-corrected chi connectivity index (χ1v) is 6.66. The Hall–Kier alpha value is -1.62. The summed E-state index contributed by atoms with van der Waals surface area (Å²) in [6.07, 6.45) is -0.476. The number of carbonyl (C=O) groups is 1. The monoisotopic (exact) mass is 282 g/mol. The average molecular weight is 282 g/mol. The third kappa shape index (κ3) is 5.17. The highest BCUT2D eigenvalue weighted by Gasteiger charge is 2.18. The van der Waals surface area contributed by atoms with Gasteiger partial charge < -0.3 is 15.8 Å². The van der Waals surface area contributed by atoms with Crippen molar-refractivity contribution in [1.29, 1.82) is 0 Å². The van der Waals surface area contributed by atoms with Gasteiger partial charge in [-0.2, -0.15) is 0 Å². The first kappa shape index (κ1) is 16.4. The summed E-state index contributed by atoms with van der Waals surface area (Å²) >= 11 is 0. The van der Waals surface area contributed by atoms with Crippen molar-refractivity contribution < 1.29 is 13.9 Å². The van der Waals surface area contributed by atoms with E-state index in [9.17, 15) is 9.18 Å². The first-order chi connectivity index (χ1) is 9.23. The molecule has 0 saturated heterocycles. The molecule has 112 valence electrons. The standard InChI is InChI=1S/C15H23FN2O2/c1-10-7-12(16)5-6-13(10)11(8-17)9-18-14(19)20-15(2,3)4/h5-7,11H,8-9,17H2,1-4H3,(H,18,19). The second kappa shape index (κ2) is 6.70. The number of nitrogens with one attached hydrogen (secondary N) is 1. The topological polar surface area (TPSA) is 64.3 Å². The minimum absolute atomic E-state index is 0.0666. The van der Waals surface area contributed by atoms with Crippen LogP contribution in [0.25, 0.3) is 0 Å². The maximum atomic E-state index is 13.1. The summed E-state index contributed by atoms with van der Waals surface area (Å²) in [4.78, 5) is 11.6. The molecule has 1 rings (SSSR count). The van der Waals surface area contributed by atoms with E-state index in [-0.39, 0.29) is 11.7 Å². The second-order valence-electron chi connectivity index (χ2n) is 5.82. The van der Waals surface area contributed by atoms with Crippen LogP contribution in [0.15, 0.2) is 18.2 Å². The van der Waals surface area contributed by atoms with Crippen molar-refractivity contribution in [3.8, 4) is 0 Å². The molecule has 0 bridgehead atoms. The predicted octanol–water partition coefficient (Wildman–Crippen LogP) is 2.70. The van der Waals surface area contributed by atoms with Crippen LogP contribution in [-0.2, 0) is 4.74 Å². The molecule has 1 atom stereocenters. The fraction of sp³-hybridized carbons (Fsp3) is 0.533. The fourth-order valence-corrected chi connectivity index (χ4v) is 1.94. The third-order valence-corrected chi connectivity index (χ3v) is 2.85. The van der Waals surface area contributed by atoms with Gasteiger partial charge in [0.1, 0.15) is 11.4 Å². The van der Waals surface area contributed by atoms with E-state index < -0.39 is 11.7 Å². The SMILES string of the molecule is Cc1cc(F)ccc1C(CN)CNC(=O)OC(C)(C)C. The Kier molecular flexibility index (Phi) is 5.51. The number of hydrogen-bond donors (Lipinski definition) is 2. The van der Waals surface area contributed by atoms with E-state index in [4.69, 9.17) is 10.5 Å². The zero-order valence-corrected chi connectivity index (χ0v) is 12.5. The van der Waals surface area contributed by atoms with Gasteiger partial charge in [-0.05, 0) is 51.0 Å². The van der Waals surface area contributed by atoms with Crippen molar-refractivity contribution >= 4 is 6.09 Å². The number of ether oxygens (including phenoxy) is 1. The molecule has 3 N–H and O–H groups in total. The van der Waals surface area contributed by atoms with Gasteiger partial charge in [0, 0.05) is 19.0 Å². The second-order valence-corrected chi connectivity index (χ2v) is 5.82. The normalized spacial score (nSPS) is 12.9. The largest absolute Gasteiger partial charge is 0.444 e. The summed E-state index contributed by atoms with van der Waals surface area (Å²) in [6, 6.07) is 4.57. The molecule has 0 radical (unpaired) electrons. The van der Waals surface area contributed by atoms with Crippen LogP contribution in [-0.4, -0.2) is 24.8 Å². The van der Waals surface area contributed by atoms with Crippen molar-refractivity contribution in [1.82, 2.24) is 5.32 Å². The molecular weight excluding hydrogens is 259 g/mol. The van der Waals surface area contributed by atoms with Crippen LogP contribution in [0, 0.1) is 12.7 Å². The number of rotatable bonds is 4. The molecule has 20 heavy (non-hydrogen) atoms. The van der Waals surface area contributed by atoms with E-state index >= 15 is 0 Å². The van der Waals surface area contributed by atoms with Crippen LogP contribution in [0.1, 0.15) is 37.8 Å². The van der Waals surface area contributed by atoms with Gasteiger partial charge >= 0.3 is 6.09 Å². The van der Waals surface area contributed by atoms with Crippen LogP contribution in [0.2, 0.25) is 0 Å². The van der Waals surface area contributed by atoms with Gasteiger partial charge in [0.25, 0.3) is 0 Å². The fourth-order valence-electron chi connectivity index (χ4n) is 1.94. The average Bonchev–Trinajstić information content (AvgIpc) is 2.29. The van der Waals surface area contributed by atoms with Crippen LogP contribution >= 0.6 is 0 Å². The maximum absolute atomic E-state index is 13.1. The van der Waals surface area contributed by atoms with Crippen molar-refractivity contribution in [2.24, 2.45) is 5.73 Å². The Morgan fingerprint density at radius 3 is 2.60 bits per heavy atom. The van der Waals surface area contributed by atoms with Crippen molar-refractivity contribution in [3.05, 3.63) is 35.1 Å². The van der Waals surface area contributed by atoms with Gasteiger partial charge in [0.05, 0.1) is 0 Å². The number of nitrogens with two attached hydrogens (primary N) is 1. The number of halogens is 1. The molecule has 5 heteroatoms. The summed E-state index contributed by atoms with van der Waals surface area (Å²) in [7, 11) is 0. The Morgan fingerprint density at radius 2 is 2.10 bits per heavy atom. The lowest BCUT2D eigenvalue weighted by atomic mass is 9.95. The van der Waals surface area contributed by atoms with Gasteiger partial charge in [0.2, 0.25) is 0 Å². The molecule has 1 aromatic rings. The van der Waals surface area contributed by atoms with Crippen LogP contribution in [0.5, 0.6) is 0 Å². The van der Waals surface area contributed by atoms with Gasteiger partial charge in [-0.1, -0.05) is 6.07 Å². The van der Waals surface area contributed by atoms with E-state index in [1.165, 1.54) is 12.1 Å². The Bertz CT molecular complexity index is 469. The minimum Gasteiger partial charge on any atom is -0.444 e. The zero-order valence-electron chi connectivity index (χ0n) is 12.5. The van der Waals surface area contributed by atoms with Gasteiger partial charge in [0.15, 0.2) is 0 Å². The lowest BCUT2D eigenvalue weighted by Crippen LogP contribution is -2.36. The number of alkyl carbamates (subject to hydrolysis) is 1. The lowest BCUT2D eigenvalue weighted by molar-refractivity contribution is 0.0525. The van der Waals surface area contributed by atoms with E-state index in [1.54, 1.807) is 26.8 Å². The Labute approximate surface area is 119 Å². The molecule has 0 saturated carbocycles. The molecular formula is C15H23FN2O2. The number of amides is 1. The maximum Gasteiger partial charge on any atom is 0.407 e. The van der Waals surface area contributed by atoms with E-state index in [2.05, 4.69) is 5.32 Å². The highest BCUT2D eigenvalue weighted by molar-refractivity contribution is 5.67. The number of hydrogen-bond acceptors (Lipinski definition) is 3. The Balaban J connectivity index is 2.66. The van der Waals surface area contributed by atoms with Gasteiger partial charge in [-0.15, -0.1) is 0 Å². The molecule has 1 unspecified atom stereocenters. The van der Waals surface area contributed by atoms with Gasteiger partial charge in [-0.25, -0.2) is 9.18 Å². The minimum atomic E-state index is -0.534. The summed E-state index contributed by atoms with van der Waals surface area (Å²) in [5.41, 5.74) is 6.97. The number of carbonyl (C=O) groups excluding carboxylic acids is 1. The highest BCUT2D eigenvalue weighted by Crippen LogP contribution is 2.19. The molecule has 0 spiro atoms. The smallest absolute Gasteiger partial charge is 0.407 e. The van der Waals surface area contributed by atoms with Gasteiger partial charge in [-0.3, -0.25) is 0 Å². The quantitative estimate of drug-likeness (QED) is 0.892. The summed E-state index contributed by atoms with van der Waals surface area (Å²) in [6.45, 7) is 7.96. The van der Waals surface area contributed by atoms with Crippen molar-refractivity contribution in [2.75, 3.05) is 13.1 Å². The summed E-state index contributed by atoms with van der Waals surface area (Å²) in [5.74, 6) is -0.342. The highest BCUT2D eigenvalue weighted by atomic mass is 19.1. The zero-order chi connectivity index (χ0) is 15.3. The number of benzene rings is 1. The molecule has 0 fully saturated rings. The van der Waals surface area contributed by atoms with E-state index in [0.717, 1.165) is 11.1 Å². The van der Waals surface area contributed by atoms with Crippen LogP contribution in [0.3, 0.4) is 0 Å². The molecule has 4 nitrogen and oxygen atoms in total. The predicted molar refractivity (Wildman–Crippen MR) is 77.2 cm³/mol. The lowest BCUT2D eigenvalue weighted by Gasteiger charge is -2.22. The molecule has 0 aliphatic carbocycles. The van der Waals surface area contributed by atoms with E-state index in [0.29, 0.717) is 13.1 Å². The molecule has 1 aromatic carbocycles. The summed E-state index contributed by atoms with van der Waals surface area (Å²) in [5, 5.41) is 2.70. The van der Waals surface area contributed by atoms with Crippen LogP contribution < -0.4 is 11.1 Å². The third-order valence-electron chi connectivity index (χ3n) is 2.85. The first-order valence-electron chi connectivity index (χ1n) is 6.66. The molecule has 1 amide bonds. The van der Waals surface area contributed by atoms with Crippen molar-refractivity contribution in [3.63, 3.8) is 0 Å². The Morgan fingerprint density at radius 1 is 1.45 bits per heavy atom. The van der Waals surface area contributed by atoms with Crippen LogP contribution in [0.4, 0.5) is 9.18 Å². The van der Waals surface area contributed by atoms with E-state index in [1.807, 2.05) is 6.92 Å². The summed E-state index contributed by atoms with van der Waals surface area (Å²) < 4.78 is 18.3. The number of aryl methyl sites for hydroxylation is 1. The molecule has 0 heterocycles. The molecule has 0 aliphatic rings.